The van der Waals surface area contributed by atoms with Crippen LogP contribution >= 0.6 is 0 Å². The number of carbonyl (C=O) groups is 1. The van der Waals surface area contributed by atoms with Gasteiger partial charge in [-0.3, -0.25) is 9.78 Å². The van der Waals surface area contributed by atoms with Crippen LogP contribution in [0.4, 0.5) is 5.69 Å². The van der Waals surface area contributed by atoms with Gasteiger partial charge in [0.15, 0.2) is 0 Å². The second-order valence-electron chi connectivity index (χ2n) is 6.61. The molecule has 0 unspecified atom stereocenters. The number of nitrogens with one attached hydrogen (secondary N) is 1. The largest absolute Gasteiger partial charge is 0.397 e. The number of hydrogen-bond donors (Lipinski definition) is 2. The highest BCUT2D eigenvalue weighted by Gasteiger charge is 2.64. The normalized spacial score (nSPS) is 20.1. The van der Waals surface area contributed by atoms with Gasteiger partial charge in [-0.1, -0.05) is 27.7 Å². The molecule has 0 atom stereocenters. The van der Waals surface area contributed by atoms with Crippen LogP contribution in [-0.2, 0) is 0 Å². The molecule has 0 aliphatic heterocycles. The molecule has 3 N–H and O–H groups in total. The van der Waals surface area contributed by atoms with E-state index < -0.39 is 0 Å². The Kier molecular flexibility index (Phi) is 3.07. The van der Waals surface area contributed by atoms with E-state index in [1.807, 2.05) is 6.92 Å². The predicted molar refractivity (Wildman–Crippen MR) is 76.8 cm³/mol. The number of amides is 1. The van der Waals surface area contributed by atoms with Gasteiger partial charge in [0.1, 0.15) is 0 Å². The molecule has 1 amide bonds. The van der Waals surface area contributed by atoms with Gasteiger partial charge >= 0.3 is 0 Å². The van der Waals surface area contributed by atoms with Crippen LogP contribution in [0.15, 0.2) is 12.3 Å². The van der Waals surface area contributed by atoms with Crippen molar-refractivity contribution in [1.82, 2.24) is 10.3 Å². The van der Waals surface area contributed by atoms with Crippen molar-refractivity contribution in [1.29, 1.82) is 0 Å². The molecule has 1 aliphatic rings. The zero-order valence-corrected chi connectivity index (χ0v) is 12.4. The number of nitrogen functional groups attached to an aromatic ring is 1. The molecule has 0 spiro atoms. The average Bonchev–Trinajstić information content (AvgIpc) is 2.70. The topological polar surface area (TPSA) is 68.0 Å². The first-order valence-corrected chi connectivity index (χ1v) is 6.68. The van der Waals surface area contributed by atoms with E-state index in [9.17, 15) is 4.79 Å². The Morgan fingerprint density at radius 1 is 1.37 bits per heavy atom. The maximum absolute atomic E-state index is 12.2. The van der Waals surface area contributed by atoms with Crippen LogP contribution in [0, 0.1) is 23.7 Å². The molecule has 1 aliphatic carbocycles. The van der Waals surface area contributed by atoms with E-state index in [1.165, 1.54) is 0 Å². The molecule has 104 valence electrons. The Balaban J connectivity index is 2.02. The number of hydrogen-bond acceptors (Lipinski definition) is 3. The lowest BCUT2D eigenvalue weighted by Gasteiger charge is -2.08. The van der Waals surface area contributed by atoms with Gasteiger partial charge in [0.05, 0.1) is 23.1 Å². The van der Waals surface area contributed by atoms with Gasteiger partial charge in [-0.25, -0.2) is 0 Å². The van der Waals surface area contributed by atoms with Crippen LogP contribution < -0.4 is 11.1 Å². The van der Waals surface area contributed by atoms with Crippen molar-refractivity contribution in [3.63, 3.8) is 0 Å². The lowest BCUT2D eigenvalue weighted by atomic mass is 10.0. The van der Waals surface area contributed by atoms with Crippen molar-refractivity contribution in [3.05, 3.63) is 23.5 Å². The van der Waals surface area contributed by atoms with E-state index >= 15 is 0 Å². The Morgan fingerprint density at radius 3 is 2.47 bits per heavy atom. The summed E-state index contributed by atoms with van der Waals surface area (Å²) in [4.78, 5) is 16.3. The van der Waals surface area contributed by atoms with Gasteiger partial charge in [0.25, 0.3) is 5.91 Å². The van der Waals surface area contributed by atoms with Gasteiger partial charge in [-0.15, -0.1) is 0 Å². The summed E-state index contributed by atoms with van der Waals surface area (Å²) in [5.41, 5.74) is 8.03. The van der Waals surface area contributed by atoms with Crippen LogP contribution in [0.5, 0.6) is 0 Å². The van der Waals surface area contributed by atoms with E-state index in [4.69, 9.17) is 5.73 Å². The molecule has 0 saturated heterocycles. The molecule has 1 aromatic rings. The van der Waals surface area contributed by atoms with Crippen LogP contribution in [-0.4, -0.2) is 17.4 Å². The molecule has 1 aromatic heterocycles. The molecule has 4 heteroatoms. The fraction of sp³-hybridized carbons (Fsp3) is 0.600. The van der Waals surface area contributed by atoms with E-state index in [0.29, 0.717) is 29.4 Å². The summed E-state index contributed by atoms with van der Waals surface area (Å²) in [6.07, 6.45) is 1.57. The smallest absolute Gasteiger partial charge is 0.253 e. The van der Waals surface area contributed by atoms with Crippen LogP contribution in [0.25, 0.3) is 0 Å². The van der Waals surface area contributed by atoms with Gasteiger partial charge in [-0.2, -0.15) is 0 Å². The predicted octanol–water partition coefficient (Wildman–Crippen LogP) is 2.38. The van der Waals surface area contributed by atoms with E-state index in [2.05, 4.69) is 38.0 Å². The number of aryl methyl sites for hydroxylation is 1. The lowest BCUT2D eigenvalue weighted by molar-refractivity contribution is 0.0949. The number of nitrogens with two attached hydrogens (primary N) is 1. The minimum absolute atomic E-state index is 0.0872. The maximum atomic E-state index is 12.2. The molecule has 1 heterocycles. The van der Waals surface area contributed by atoms with Crippen molar-refractivity contribution < 1.29 is 4.79 Å². The van der Waals surface area contributed by atoms with Crippen LogP contribution in [0.2, 0.25) is 0 Å². The van der Waals surface area contributed by atoms with Crippen molar-refractivity contribution in [2.24, 2.45) is 16.7 Å². The van der Waals surface area contributed by atoms with Crippen molar-refractivity contribution >= 4 is 11.6 Å². The number of rotatable bonds is 3. The molecule has 1 fully saturated rings. The van der Waals surface area contributed by atoms with Gasteiger partial charge in [-0.05, 0) is 29.7 Å². The Labute approximate surface area is 114 Å². The molecule has 0 radical (unpaired) electrons. The number of carbonyl (C=O) groups excluding carboxylic acids is 1. The highest BCUT2D eigenvalue weighted by Crippen LogP contribution is 2.67. The fourth-order valence-corrected chi connectivity index (χ4v) is 2.91. The van der Waals surface area contributed by atoms with Gasteiger partial charge in [0.2, 0.25) is 0 Å². The van der Waals surface area contributed by atoms with E-state index in [0.717, 1.165) is 0 Å². The average molecular weight is 261 g/mol. The summed E-state index contributed by atoms with van der Waals surface area (Å²) in [5.74, 6) is 0.425. The summed E-state index contributed by atoms with van der Waals surface area (Å²) in [7, 11) is 0. The number of nitrogens with zero attached hydrogens (tertiary/aromatic N) is 1. The molecule has 1 saturated carbocycles. The molecular weight excluding hydrogens is 238 g/mol. The number of anilines is 1. The van der Waals surface area contributed by atoms with Crippen molar-refractivity contribution in [2.75, 3.05) is 12.3 Å². The fourth-order valence-electron chi connectivity index (χ4n) is 2.91. The third-order valence-corrected chi connectivity index (χ3v) is 5.14. The SMILES string of the molecule is Cc1ncc(N)cc1C(=O)NCC1C(C)(C)C1(C)C. The van der Waals surface area contributed by atoms with Crippen LogP contribution in [0.3, 0.4) is 0 Å². The third-order valence-electron chi connectivity index (χ3n) is 5.14. The third kappa shape index (κ3) is 2.20. The summed E-state index contributed by atoms with van der Waals surface area (Å²) in [5, 5.41) is 3.01. The maximum Gasteiger partial charge on any atom is 0.253 e. The molecule has 0 aromatic carbocycles. The first kappa shape index (κ1) is 13.8. The molecule has 19 heavy (non-hydrogen) atoms. The second kappa shape index (κ2) is 4.22. The summed E-state index contributed by atoms with van der Waals surface area (Å²) < 4.78 is 0. The monoisotopic (exact) mass is 261 g/mol. The molecule has 0 bridgehead atoms. The highest BCUT2D eigenvalue weighted by atomic mass is 16.1. The zero-order chi connectivity index (χ0) is 14.4. The molecular formula is C15H23N3O. The quantitative estimate of drug-likeness (QED) is 0.877. The molecule has 4 nitrogen and oxygen atoms in total. The summed E-state index contributed by atoms with van der Waals surface area (Å²) in [6.45, 7) is 11.5. The Hall–Kier alpha value is -1.58. The summed E-state index contributed by atoms with van der Waals surface area (Å²) in [6, 6.07) is 1.68. The first-order valence-electron chi connectivity index (χ1n) is 6.68. The minimum atomic E-state index is -0.0872. The minimum Gasteiger partial charge on any atom is -0.397 e. The Morgan fingerprint density at radius 2 is 1.95 bits per heavy atom. The number of pyridine rings is 1. The second-order valence-corrected chi connectivity index (χ2v) is 6.61. The van der Waals surface area contributed by atoms with E-state index in [1.54, 1.807) is 12.3 Å². The number of aromatic nitrogens is 1. The van der Waals surface area contributed by atoms with Gasteiger partial charge in [0, 0.05) is 6.54 Å². The summed E-state index contributed by atoms with van der Waals surface area (Å²) >= 11 is 0. The highest BCUT2D eigenvalue weighted by molar-refractivity contribution is 5.95. The standard InChI is InChI=1S/C15H23N3O/c1-9-11(6-10(16)7-17-9)13(19)18-8-12-14(2,3)15(12,4)5/h6-7,12H,8,16H2,1-5H3,(H,18,19). The molecule has 2 rings (SSSR count). The first-order chi connectivity index (χ1) is 8.68. The Bertz CT molecular complexity index is 506. The van der Waals surface area contributed by atoms with Crippen LogP contribution in [0.1, 0.15) is 43.7 Å². The van der Waals surface area contributed by atoms with Gasteiger partial charge < -0.3 is 11.1 Å². The van der Waals surface area contributed by atoms with Crippen molar-refractivity contribution in [2.45, 2.75) is 34.6 Å². The zero-order valence-electron chi connectivity index (χ0n) is 12.4. The lowest BCUT2D eigenvalue weighted by Crippen LogP contribution is -2.28. The van der Waals surface area contributed by atoms with Crippen molar-refractivity contribution in [3.8, 4) is 0 Å². The van der Waals surface area contributed by atoms with E-state index in [-0.39, 0.29) is 16.7 Å².